The summed E-state index contributed by atoms with van der Waals surface area (Å²) in [5.74, 6) is -0.621. The standard InChI is InChI=1S/C18H18N4O2/c1-4-9-15(5-2)22-18(24)16(13(3)21-22)12-19-20-17(23)14-10-7-6-8-11-14/h4-12,19H,1-2H2,3H3,(H,20,23)/b15-9+,16-12-. The second-order valence-electron chi connectivity index (χ2n) is 4.86. The van der Waals surface area contributed by atoms with Crippen molar-refractivity contribution >= 4 is 17.5 Å². The van der Waals surface area contributed by atoms with Gasteiger partial charge in [0.2, 0.25) is 0 Å². The third-order valence-electron chi connectivity index (χ3n) is 3.24. The van der Waals surface area contributed by atoms with Gasteiger partial charge in [-0.2, -0.15) is 10.1 Å². The van der Waals surface area contributed by atoms with Crippen molar-refractivity contribution in [2.45, 2.75) is 6.92 Å². The highest BCUT2D eigenvalue weighted by atomic mass is 16.2. The second kappa shape index (κ2) is 7.73. The van der Waals surface area contributed by atoms with Crippen molar-refractivity contribution in [3.63, 3.8) is 0 Å². The largest absolute Gasteiger partial charge is 0.305 e. The number of hydrogen-bond acceptors (Lipinski definition) is 4. The van der Waals surface area contributed by atoms with Crippen LogP contribution in [0.3, 0.4) is 0 Å². The Morgan fingerprint density at radius 3 is 2.58 bits per heavy atom. The van der Waals surface area contributed by atoms with E-state index >= 15 is 0 Å². The van der Waals surface area contributed by atoms with Gasteiger partial charge < -0.3 is 5.43 Å². The van der Waals surface area contributed by atoms with E-state index in [4.69, 9.17) is 0 Å². The van der Waals surface area contributed by atoms with Gasteiger partial charge in [0, 0.05) is 11.8 Å². The van der Waals surface area contributed by atoms with Crippen LogP contribution >= 0.6 is 0 Å². The zero-order valence-corrected chi connectivity index (χ0v) is 13.3. The summed E-state index contributed by atoms with van der Waals surface area (Å²) in [7, 11) is 0. The fourth-order valence-corrected chi connectivity index (χ4v) is 2.04. The Bertz CT molecular complexity index is 760. The molecule has 6 heteroatoms. The smallest absolute Gasteiger partial charge is 0.282 e. The summed E-state index contributed by atoms with van der Waals surface area (Å²) in [6, 6.07) is 8.74. The van der Waals surface area contributed by atoms with E-state index in [1.54, 1.807) is 43.3 Å². The lowest BCUT2D eigenvalue weighted by molar-refractivity contribution is -0.123. The number of carbonyl (C=O) groups excluding carboxylic acids is 2. The first-order chi connectivity index (χ1) is 11.6. The summed E-state index contributed by atoms with van der Waals surface area (Å²) in [4.78, 5) is 24.3. The van der Waals surface area contributed by atoms with E-state index in [-0.39, 0.29) is 11.8 Å². The van der Waals surface area contributed by atoms with E-state index < -0.39 is 0 Å². The number of nitrogens with one attached hydrogen (secondary N) is 2. The van der Waals surface area contributed by atoms with E-state index in [1.807, 2.05) is 6.07 Å². The lowest BCUT2D eigenvalue weighted by Gasteiger charge is -2.12. The molecule has 0 atom stereocenters. The minimum atomic E-state index is -0.318. The summed E-state index contributed by atoms with van der Waals surface area (Å²) < 4.78 is 0. The van der Waals surface area contributed by atoms with Crippen LogP contribution in [0.25, 0.3) is 0 Å². The van der Waals surface area contributed by atoms with Gasteiger partial charge in [0.05, 0.1) is 17.0 Å². The first kappa shape index (κ1) is 17.0. The van der Waals surface area contributed by atoms with Crippen LogP contribution in [0.15, 0.2) is 84.3 Å². The van der Waals surface area contributed by atoms with Crippen LogP contribution in [0.4, 0.5) is 0 Å². The number of allylic oxidation sites excluding steroid dienone is 3. The Kier molecular flexibility index (Phi) is 5.46. The van der Waals surface area contributed by atoms with Gasteiger partial charge in [-0.25, -0.2) is 0 Å². The number of amides is 2. The molecule has 122 valence electrons. The molecule has 2 N–H and O–H groups in total. The molecular weight excluding hydrogens is 304 g/mol. The van der Waals surface area contributed by atoms with Crippen molar-refractivity contribution < 1.29 is 9.59 Å². The number of rotatable bonds is 6. The molecule has 2 rings (SSSR count). The molecule has 2 amide bonds. The van der Waals surface area contributed by atoms with Crippen molar-refractivity contribution in [3.8, 4) is 0 Å². The molecule has 1 heterocycles. The van der Waals surface area contributed by atoms with Gasteiger partial charge in [0.25, 0.3) is 11.8 Å². The molecule has 1 aromatic rings. The number of carbonyl (C=O) groups is 2. The normalized spacial score (nSPS) is 16.0. The van der Waals surface area contributed by atoms with Crippen LogP contribution in [0.5, 0.6) is 0 Å². The van der Waals surface area contributed by atoms with E-state index in [2.05, 4.69) is 29.1 Å². The molecule has 1 aliphatic heterocycles. The SMILES string of the molecule is C=C/C=C(\C=C)N1N=C(C)/C(=C/NNC(=O)c2ccccc2)C1=O. The number of hydrogen-bond donors (Lipinski definition) is 2. The zero-order valence-electron chi connectivity index (χ0n) is 13.3. The molecule has 0 aromatic heterocycles. The Hall–Kier alpha value is -3.41. The summed E-state index contributed by atoms with van der Waals surface area (Å²) in [6.45, 7) is 8.96. The van der Waals surface area contributed by atoms with Gasteiger partial charge in [0.15, 0.2) is 0 Å². The number of hydrazine groups is 1. The van der Waals surface area contributed by atoms with Crippen LogP contribution in [0.1, 0.15) is 17.3 Å². The number of benzene rings is 1. The molecule has 0 radical (unpaired) electrons. The molecule has 1 aliphatic rings. The molecular formula is C18H18N4O2. The van der Waals surface area contributed by atoms with E-state index in [0.29, 0.717) is 22.5 Å². The van der Waals surface area contributed by atoms with Crippen molar-refractivity contribution in [1.29, 1.82) is 0 Å². The second-order valence-corrected chi connectivity index (χ2v) is 4.86. The van der Waals surface area contributed by atoms with Gasteiger partial charge in [0.1, 0.15) is 0 Å². The maximum absolute atomic E-state index is 12.4. The molecule has 0 unspecified atom stereocenters. The first-order valence-corrected chi connectivity index (χ1v) is 7.24. The average molecular weight is 322 g/mol. The lowest BCUT2D eigenvalue weighted by atomic mass is 10.2. The summed E-state index contributed by atoms with van der Waals surface area (Å²) in [5.41, 5.74) is 7.05. The predicted molar refractivity (Wildman–Crippen MR) is 93.6 cm³/mol. The van der Waals surface area contributed by atoms with E-state index in [1.165, 1.54) is 17.3 Å². The molecule has 0 fully saturated rings. The summed E-state index contributed by atoms with van der Waals surface area (Å²) in [6.07, 6.45) is 6.12. The van der Waals surface area contributed by atoms with Crippen molar-refractivity contribution in [2.75, 3.05) is 0 Å². The highest BCUT2D eigenvalue weighted by Crippen LogP contribution is 2.19. The minimum absolute atomic E-state index is 0.303. The molecule has 24 heavy (non-hydrogen) atoms. The van der Waals surface area contributed by atoms with Crippen LogP contribution < -0.4 is 10.9 Å². The zero-order chi connectivity index (χ0) is 17.5. The number of hydrazone groups is 1. The first-order valence-electron chi connectivity index (χ1n) is 7.24. The van der Waals surface area contributed by atoms with Gasteiger partial charge in [-0.1, -0.05) is 37.4 Å². The average Bonchev–Trinajstić information content (AvgIpc) is 2.88. The maximum Gasteiger partial charge on any atom is 0.282 e. The van der Waals surface area contributed by atoms with Crippen LogP contribution in [-0.2, 0) is 4.79 Å². The van der Waals surface area contributed by atoms with Gasteiger partial charge in [-0.3, -0.25) is 15.0 Å². The quantitative estimate of drug-likeness (QED) is 0.479. The molecule has 6 nitrogen and oxygen atoms in total. The third kappa shape index (κ3) is 3.67. The Balaban J connectivity index is 2.06. The van der Waals surface area contributed by atoms with Gasteiger partial charge in [-0.05, 0) is 31.2 Å². The van der Waals surface area contributed by atoms with Crippen molar-refractivity contribution in [3.05, 3.63) is 84.8 Å². The highest BCUT2D eigenvalue weighted by Gasteiger charge is 2.28. The van der Waals surface area contributed by atoms with E-state index in [9.17, 15) is 9.59 Å². The van der Waals surface area contributed by atoms with Crippen LogP contribution in [-0.4, -0.2) is 22.5 Å². The van der Waals surface area contributed by atoms with Crippen molar-refractivity contribution in [1.82, 2.24) is 15.9 Å². The maximum atomic E-state index is 12.4. The molecule has 0 bridgehead atoms. The summed E-state index contributed by atoms with van der Waals surface area (Å²) >= 11 is 0. The fourth-order valence-electron chi connectivity index (χ4n) is 2.04. The Labute approximate surface area is 140 Å². The minimum Gasteiger partial charge on any atom is -0.305 e. The third-order valence-corrected chi connectivity index (χ3v) is 3.24. The van der Waals surface area contributed by atoms with Gasteiger partial charge >= 0.3 is 0 Å². The van der Waals surface area contributed by atoms with E-state index in [0.717, 1.165) is 0 Å². The molecule has 0 aliphatic carbocycles. The monoisotopic (exact) mass is 322 g/mol. The van der Waals surface area contributed by atoms with Crippen LogP contribution in [0.2, 0.25) is 0 Å². The molecule has 0 saturated carbocycles. The fraction of sp³-hybridized carbons (Fsp3) is 0.0556. The molecule has 0 saturated heterocycles. The van der Waals surface area contributed by atoms with Crippen LogP contribution in [0, 0.1) is 0 Å². The molecule has 1 aromatic carbocycles. The summed E-state index contributed by atoms with van der Waals surface area (Å²) in [5, 5.41) is 5.42. The van der Waals surface area contributed by atoms with Crippen molar-refractivity contribution in [2.24, 2.45) is 5.10 Å². The topological polar surface area (TPSA) is 73.8 Å². The highest BCUT2D eigenvalue weighted by molar-refractivity contribution is 6.24. The lowest BCUT2D eigenvalue weighted by Crippen LogP contribution is -2.34. The number of nitrogens with zero attached hydrogens (tertiary/aromatic N) is 2. The molecule has 0 spiro atoms. The van der Waals surface area contributed by atoms with Gasteiger partial charge in [-0.15, -0.1) is 0 Å². The predicted octanol–water partition coefficient (Wildman–Crippen LogP) is 2.28. The Morgan fingerprint density at radius 2 is 1.96 bits per heavy atom. The Morgan fingerprint density at radius 1 is 1.25 bits per heavy atom.